The molecule has 0 heterocycles. The van der Waals surface area contributed by atoms with Crippen LogP contribution in [0.15, 0.2) is 121 Å². The number of ketones is 4. The van der Waals surface area contributed by atoms with E-state index in [0.717, 1.165) is 11.1 Å². The third-order valence-electron chi connectivity index (χ3n) is 5.40. The molecule has 0 aromatic heterocycles. The van der Waals surface area contributed by atoms with Crippen molar-refractivity contribution in [3.8, 4) is 0 Å². The average Bonchev–Trinajstić information content (AvgIpc) is 2.91. The number of carbonyl (C=O) groups is 4. The van der Waals surface area contributed by atoms with Gasteiger partial charge in [0.25, 0.3) is 0 Å². The standard InChI is InChI=1S/2C16H14O2.Cu/c2*17-15(11-13-7-3-1-4-8-13)12-16(18)14-9-5-2-6-10-14;/h2*1-10H,11-12H2;. The molecule has 191 valence electrons. The van der Waals surface area contributed by atoms with E-state index in [4.69, 9.17) is 0 Å². The first-order valence-corrected chi connectivity index (χ1v) is 11.8. The third kappa shape index (κ3) is 10.7. The van der Waals surface area contributed by atoms with Crippen molar-refractivity contribution in [2.75, 3.05) is 0 Å². The Morgan fingerprint density at radius 2 is 0.676 bits per heavy atom. The van der Waals surface area contributed by atoms with Gasteiger partial charge in [0.15, 0.2) is 11.6 Å². The summed E-state index contributed by atoms with van der Waals surface area (Å²) >= 11 is 0. The van der Waals surface area contributed by atoms with E-state index in [1.807, 2.05) is 72.8 Å². The van der Waals surface area contributed by atoms with E-state index < -0.39 is 0 Å². The number of hydrogen-bond donors (Lipinski definition) is 0. The van der Waals surface area contributed by atoms with Crippen LogP contribution >= 0.6 is 0 Å². The second kappa shape index (κ2) is 15.9. The Morgan fingerprint density at radius 1 is 0.405 bits per heavy atom. The van der Waals surface area contributed by atoms with Crippen LogP contribution in [0.1, 0.15) is 44.7 Å². The molecule has 0 atom stereocenters. The predicted molar refractivity (Wildman–Crippen MR) is 141 cm³/mol. The van der Waals surface area contributed by atoms with Crippen molar-refractivity contribution in [1.82, 2.24) is 0 Å². The number of Topliss-reactive ketones (excluding diaryl/α,β-unsaturated/α-hetero) is 4. The topological polar surface area (TPSA) is 68.3 Å². The maximum absolute atomic E-state index is 11.8. The molecule has 0 amide bonds. The Hall–Kier alpha value is -3.92. The van der Waals surface area contributed by atoms with E-state index in [-0.39, 0.29) is 53.0 Å². The fraction of sp³-hybridized carbons (Fsp3) is 0.125. The van der Waals surface area contributed by atoms with Crippen LogP contribution in [0.25, 0.3) is 0 Å². The monoisotopic (exact) mass is 539 g/mol. The molecule has 0 N–H and O–H groups in total. The van der Waals surface area contributed by atoms with Crippen molar-refractivity contribution in [2.24, 2.45) is 0 Å². The minimum atomic E-state index is -0.114. The zero-order chi connectivity index (χ0) is 25.6. The molecule has 0 unspecified atom stereocenters. The molecule has 4 aromatic rings. The fourth-order valence-corrected chi connectivity index (χ4v) is 3.58. The van der Waals surface area contributed by atoms with E-state index in [9.17, 15) is 19.2 Å². The summed E-state index contributed by atoms with van der Waals surface area (Å²) in [7, 11) is 0. The maximum atomic E-state index is 11.8. The van der Waals surface area contributed by atoms with Crippen molar-refractivity contribution in [2.45, 2.75) is 25.7 Å². The first-order chi connectivity index (χ1) is 17.5. The van der Waals surface area contributed by atoms with Gasteiger partial charge >= 0.3 is 0 Å². The maximum Gasteiger partial charge on any atom is 0.170 e. The van der Waals surface area contributed by atoms with E-state index in [2.05, 4.69) is 0 Å². The zero-order valence-electron chi connectivity index (χ0n) is 20.3. The van der Waals surface area contributed by atoms with Gasteiger partial charge in [-0.3, -0.25) is 19.2 Å². The number of benzene rings is 4. The Labute approximate surface area is 228 Å². The molecule has 0 spiro atoms. The van der Waals surface area contributed by atoms with E-state index >= 15 is 0 Å². The van der Waals surface area contributed by atoms with Crippen molar-refractivity contribution in [3.05, 3.63) is 144 Å². The van der Waals surface area contributed by atoms with E-state index in [1.165, 1.54) is 0 Å². The summed E-state index contributed by atoms with van der Waals surface area (Å²) in [6.07, 6.45) is 0.580. The van der Waals surface area contributed by atoms with Gasteiger partial charge < -0.3 is 0 Å². The van der Waals surface area contributed by atoms with Crippen LogP contribution in [-0.2, 0) is 39.5 Å². The molecular weight excluding hydrogens is 512 g/mol. The molecule has 0 aliphatic carbocycles. The van der Waals surface area contributed by atoms with Crippen LogP contribution in [0.3, 0.4) is 0 Å². The first kappa shape index (κ1) is 29.3. The molecule has 0 saturated heterocycles. The van der Waals surface area contributed by atoms with Gasteiger partial charge in [-0.1, -0.05) is 121 Å². The molecule has 0 aliphatic rings. The van der Waals surface area contributed by atoms with Crippen LogP contribution < -0.4 is 0 Å². The molecule has 0 bridgehead atoms. The van der Waals surface area contributed by atoms with Gasteiger partial charge in [-0.25, -0.2) is 0 Å². The number of carbonyl (C=O) groups excluding carboxylic acids is 4. The largest absolute Gasteiger partial charge is 0.299 e. The SMILES string of the molecule is O=C(CC(=O)c1ccccc1)Cc1ccccc1.O=C(CC(=O)c1ccccc1)Cc1ccccc1.[Cu]. The molecule has 0 fully saturated rings. The van der Waals surface area contributed by atoms with E-state index in [0.29, 0.717) is 24.0 Å². The summed E-state index contributed by atoms with van der Waals surface area (Å²) in [4.78, 5) is 47.2. The molecule has 4 rings (SSSR count). The molecule has 0 saturated carbocycles. The van der Waals surface area contributed by atoms with Gasteiger partial charge in [0, 0.05) is 41.0 Å². The van der Waals surface area contributed by atoms with Crippen LogP contribution in [0, 0.1) is 0 Å². The smallest absolute Gasteiger partial charge is 0.170 e. The van der Waals surface area contributed by atoms with Crippen LogP contribution in [0.4, 0.5) is 0 Å². The van der Waals surface area contributed by atoms with Crippen molar-refractivity contribution >= 4 is 23.1 Å². The van der Waals surface area contributed by atoms with Crippen molar-refractivity contribution < 1.29 is 36.2 Å². The Kier molecular flexibility index (Phi) is 12.6. The predicted octanol–water partition coefficient (Wildman–Crippen LogP) is 6.14. The van der Waals surface area contributed by atoms with Crippen LogP contribution in [0.5, 0.6) is 0 Å². The summed E-state index contributed by atoms with van der Waals surface area (Å²) in [5.41, 5.74) is 3.09. The molecule has 4 nitrogen and oxygen atoms in total. The minimum Gasteiger partial charge on any atom is -0.299 e. The molecule has 5 heteroatoms. The Balaban J connectivity index is 0.000000253. The average molecular weight is 540 g/mol. The molecule has 1 radical (unpaired) electrons. The van der Waals surface area contributed by atoms with Gasteiger partial charge in [-0.05, 0) is 11.1 Å². The Morgan fingerprint density at radius 3 is 0.973 bits per heavy atom. The third-order valence-corrected chi connectivity index (χ3v) is 5.40. The van der Waals surface area contributed by atoms with Crippen molar-refractivity contribution in [1.29, 1.82) is 0 Å². The number of rotatable bonds is 10. The summed E-state index contributed by atoms with van der Waals surface area (Å²) in [6.45, 7) is 0. The zero-order valence-corrected chi connectivity index (χ0v) is 21.3. The number of hydrogen-bond acceptors (Lipinski definition) is 4. The van der Waals surface area contributed by atoms with Gasteiger partial charge in [-0.2, -0.15) is 0 Å². The minimum absolute atomic E-state index is 0. The van der Waals surface area contributed by atoms with Gasteiger partial charge in [0.1, 0.15) is 11.6 Å². The summed E-state index contributed by atoms with van der Waals surface area (Å²) < 4.78 is 0. The summed E-state index contributed by atoms with van der Waals surface area (Å²) in [5.74, 6) is -0.321. The van der Waals surface area contributed by atoms with Gasteiger partial charge in [0.05, 0.1) is 12.8 Å². The van der Waals surface area contributed by atoms with Crippen LogP contribution in [0.2, 0.25) is 0 Å². The fourth-order valence-electron chi connectivity index (χ4n) is 3.58. The molecule has 0 aliphatic heterocycles. The van der Waals surface area contributed by atoms with Gasteiger partial charge in [0.2, 0.25) is 0 Å². The molecular formula is C32H28CuO4. The summed E-state index contributed by atoms with van der Waals surface area (Å²) in [5, 5.41) is 0. The second-order valence-electron chi connectivity index (χ2n) is 8.33. The molecule has 4 aromatic carbocycles. The summed E-state index contributed by atoms with van der Waals surface area (Å²) in [6, 6.07) is 36.8. The normalized spacial score (nSPS) is 9.73. The van der Waals surface area contributed by atoms with E-state index in [1.54, 1.807) is 48.5 Å². The van der Waals surface area contributed by atoms with Crippen LogP contribution in [-0.4, -0.2) is 23.1 Å². The Bertz CT molecular complexity index is 1170. The quantitative estimate of drug-likeness (QED) is 0.138. The first-order valence-electron chi connectivity index (χ1n) is 11.8. The van der Waals surface area contributed by atoms with Crippen molar-refractivity contribution in [3.63, 3.8) is 0 Å². The van der Waals surface area contributed by atoms with Gasteiger partial charge in [-0.15, -0.1) is 0 Å². The second-order valence-corrected chi connectivity index (χ2v) is 8.33. The molecule has 37 heavy (non-hydrogen) atoms.